The fraction of sp³-hybridized carbons (Fsp3) is 0.918. The van der Waals surface area contributed by atoms with Crippen molar-refractivity contribution in [3.8, 4) is 0 Å². The number of nitrogens with zero attached hydrogens (tertiary/aromatic N) is 1. The molecule has 0 aliphatic rings. The molecule has 0 saturated carbocycles. The Morgan fingerprint density at radius 3 is 0.808 bits per heavy atom. The third kappa shape index (κ3) is 37.7. The minimum Gasteiger partial charge on any atom is -0.396 e. The summed E-state index contributed by atoms with van der Waals surface area (Å²) in [5.74, 6) is 0. The number of rotatable bonds is 44. The van der Waals surface area contributed by atoms with Crippen molar-refractivity contribution in [3.05, 3.63) is 24.3 Å². The van der Waals surface area contributed by atoms with E-state index in [9.17, 15) is 10.2 Å². The highest BCUT2D eigenvalue weighted by atomic mass is 16.3. The maximum atomic E-state index is 9.82. The van der Waals surface area contributed by atoms with Gasteiger partial charge in [-0.2, -0.15) is 0 Å². The summed E-state index contributed by atoms with van der Waals surface area (Å²) in [5, 5.41) is 19.6. The highest BCUT2D eigenvalue weighted by Crippen LogP contribution is 2.22. The zero-order valence-corrected chi connectivity index (χ0v) is 36.1. The molecule has 0 rings (SSSR count). The molecule has 0 fully saturated rings. The molecule has 52 heavy (non-hydrogen) atoms. The average molecular weight is 732 g/mol. The van der Waals surface area contributed by atoms with Gasteiger partial charge in [0.2, 0.25) is 0 Å². The van der Waals surface area contributed by atoms with E-state index in [0.717, 1.165) is 12.8 Å². The molecule has 0 heterocycles. The molecule has 0 aliphatic heterocycles. The van der Waals surface area contributed by atoms with E-state index in [2.05, 4.69) is 50.1 Å². The summed E-state index contributed by atoms with van der Waals surface area (Å²) in [6.45, 7) is 5.12. The van der Waals surface area contributed by atoms with Gasteiger partial charge in [-0.1, -0.05) is 205 Å². The number of hydrogen-bond acceptors (Lipinski definition) is 3. The predicted molar refractivity (Wildman–Crippen MR) is 235 cm³/mol. The highest BCUT2D eigenvalue weighted by Gasteiger charge is 2.22. The number of hydrogen-bond donors (Lipinski definition) is 2. The van der Waals surface area contributed by atoms with Gasteiger partial charge in [0.05, 0.1) is 0 Å². The summed E-state index contributed by atoms with van der Waals surface area (Å²) in [6.07, 6.45) is 60.2. The van der Waals surface area contributed by atoms with E-state index >= 15 is 0 Å². The second-order valence-corrected chi connectivity index (χ2v) is 16.6. The number of aliphatic hydroxyl groups is 2. The van der Waals surface area contributed by atoms with Crippen LogP contribution in [0.25, 0.3) is 0 Å². The lowest BCUT2D eigenvalue weighted by Crippen LogP contribution is -2.41. The second kappa shape index (κ2) is 44.8. The first kappa shape index (κ1) is 51.4. The molecule has 0 bridgehead atoms. The van der Waals surface area contributed by atoms with Gasteiger partial charge < -0.3 is 15.1 Å². The fourth-order valence-corrected chi connectivity index (χ4v) is 8.02. The smallest absolute Gasteiger partial charge is 0.0445 e. The summed E-state index contributed by atoms with van der Waals surface area (Å²) >= 11 is 0. The quantitative estimate of drug-likeness (QED) is 0.0484. The molecule has 310 valence electrons. The number of aliphatic hydroxyl groups excluding tert-OH is 2. The molecule has 3 heteroatoms. The molecule has 0 aromatic rings. The fourth-order valence-electron chi connectivity index (χ4n) is 8.02. The van der Waals surface area contributed by atoms with Crippen molar-refractivity contribution >= 4 is 0 Å². The summed E-state index contributed by atoms with van der Waals surface area (Å²) in [5.41, 5.74) is 0. The van der Waals surface area contributed by atoms with Crippen molar-refractivity contribution in [1.82, 2.24) is 4.90 Å². The average Bonchev–Trinajstić information content (AvgIpc) is 3.15. The highest BCUT2D eigenvalue weighted by molar-refractivity contribution is 4.82. The normalized spacial score (nSPS) is 13.3. The first-order valence-corrected chi connectivity index (χ1v) is 23.9. The lowest BCUT2D eigenvalue weighted by atomic mass is 9.97. The van der Waals surface area contributed by atoms with E-state index in [0.29, 0.717) is 12.1 Å². The molecule has 2 atom stereocenters. The van der Waals surface area contributed by atoms with E-state index in [-0.39, 0.29) is 13.2 Å². The molecule has 0 aromatic carbocycles. The van der Waals surface area contributed by atoms with Crippen molar-refractivity contribution in [1.29, 1.82) is 0 Å². The largest absolute Gasteiger partial charge is 0.396 e. The first-order chi connectivity index (χ1) is 25.7. The zero-order valence-electron chi connectivity index (χ0n) is 36.1. The van der Waals surface area contributed by atoms with Crippen LogP contribution >= 0.6 is 0 Å². The summed E-state index contributed by atoms with van der Waals surface area (Å²) in [6, 6.07) is 0.884. The second-order valence-electron chi connectivity index (χ2n) is 16.6. The van der Waals surface area contributed by atoms with Crippen LogP contribution in [0.1, 0.15) is 258 Å². The Morgan fingerprint density at radius 1 is 0.327 bits per heavy atom. The number of unbranched alkanes of at least 4 members (excludes halogenated alkanes) is 30. The Hall–Kier alpha value is -0.640. The Bertz CT molecular complexity index is 647. The standard InChI is InChI=1S/C49H97NO2/c1-4-6-8-10-12-14-16-18-20-22-24-26-28-30-32-34-36-38-40-42-48(44-46-51)50(3)49(45-47-52)43-41-39-37-35-33-31-29-27-25-23-21-19-17-15-13-11-9-7-5-2/h18-21,48-49,51-52H,4-17,22-47H2,1-3H3/b20-18-,21-19-. The van der Waals surface area contributed by atoms with E-state index in [1.54, 1.807) is 0 Å². The van der Waals surface area contributed by atoms with Crippen LogP contribution in [0.4, 0.5) is 0 Å². The Balaban J connectivity index is 3.82. The SMILES string of the molecule is CCCCCCCC/C=C\CCCCCCCCCCCC(CCO)N(C)C(CCO)CCCCCCCCCCC/C=C\CCCCCCCC. The van der Waals surface area contributed by atoms with Gasteiger partial charge in [0, 0.05) is 25.3 Å². The molecule has 0 amide bonds. The van der Waals surface area contributed by atoms with Crippen LogP contribution < -0.4 is 0 Å². The van der Waals surface area contributed by atoms with Crippen LogP contribution in [0.5, 0.6) is 0 Å². The summed E-state index contributed by atoms with van der Waals surface area (Å²) < 4.78 is 0. The van der Waals surface area contributed by atoms with Crippen LogP contribution in [0, 0.1) is 0 Å². The van der Waals surface area contributed by atoms with E-state index in [1.165, 1.54) is 231 Å². The Morgan fingerprint density at radius 2 is 0.558 bits per heavy atom. The molecule has 0 radical (unpaired) electrons. The monoisotopic (exact) mass is 732 g/mol. The minimum absolute atomic E-state index is 0.270. The topological polar surface area (TPSA) is 43.7 Å². The third-order valence-corrected chi connectivity index (χ3v) is 11.7. The van der Waals surface area contributed by atoms with Gasteiger partial charge in [-0.25, -0.2) is 0 Å². The van der Waals surface area contributed by atoms with Crippen molar-refractivity contribution in [3.63, 3.8) is 0 Å². The molecule has 0 spiro atoms. The van der Waals surface area contributed by atoms with Crippen molar-refractivity contribution in [2.45, 2.75) is 270 Å². The van der Waals surface area contributed by atoms with Crippen LogP contribution in [-0.2, 0) is 0 Å². The van der Waals surface area contributed by atoms with Gasteiger partial charge >= 0.3 is 0 Å². The van der Waals surface area contributed by atoms with Crippen molar-refractivity contribution < 1.29 is 10.2 Å². The van der Waals surface area contributed by atoms with E-state index < -0.39 is 0 Å². The maximum absolute atomic E-state index is 9.82. The first-order valence-electron chi connectivity index (χ1n) is 23.9. The van der Waals surface area contributed by atoms with Crippen LogP contribution in [0.15, 0.2) is 24.3 Å². The van der Waals surface area contributed by atoms with E-state index in [1.807, 2.05) is 0 Å². The third-order valence-electron chi connectivity index (χ3n) is 11.7. The van der Waals surface area contributed by atoms with Gasteiger partial charge in [-0.3, -0.25) is 0 Å². The van der Waals surface area contributed by atoms with Crippen LogP contribution in [0.2, 0.25) is 0 Å². The molecule has 0 aliphatic carbocycles. The maximum Gasteiger partial charge on any atom is 0.0445 e. The van der Waals surface area contributed by atoms with Gasteiger partial charge in [-0.05, 0) is 84.1 Å². The van der Waals surface area contributed by atoms with Gasteiger partial charge in [0.25, 0.3) is 0 Å². The summed E-state index contributed by atoms with van der Waals surface area (Å²) in [4.78, 5) is 2.53. The minimum atomic E-state index is 0.270. The van der Waals surface area contributed by atoms with Crippen LogP contribution in [-0.4, -0.2) is 47.5 Å². The molecule has 2 unspecified atom stereocenters. The number of allylic oxidation sites excluding steroid dienone is 4. The predicted octanol–water partition coefficient (Wildman–Crippen LogP) is 15.6. The zero-order chi connectivity index (χ0) is 37.8. The molecular formula is C49H97NO2. The van der Waals surface area contributed by atoms with Crippen molar-refractivity contribution in [2.75, 3.05) is 20.3 Å². The van der Waals surface area contributed by atoms with E-state index in [4.69, 9.17) is 0 Å². The molecular weight excluding hydrogens is 635 g/mol. The van der Waals surface area contributed by atoms with Crippen molar-refractivity contribution in [2.24, 2.45) is 0 Å². The summed E-state index contributed by atoms with van der Waals surface area (Å²) in [7, 11) is 2.26. The lowest BCUT2D eigenvalue weighted by Gasteiger charge is -2.35. The lowest BCUT2D eigenvalue weighted by molar-refractivity contribution is 0.104. The Labute approximate surface area is 328 Å². The molecule has 0 aromatic heterocycles. The molecule has 2 N–H and O–H groups in total. The molecule has 0 saturated heterocycles. The van der Waals surface area contributed by atoms with Gasteiger partial charge in [0.1, 0.15) is 0 Å². The van der Waals surface area contributed by atoms with Gasteiger partial charge in [-0.15, -0.1) is 0 Å². The Kier molecular flexibility index (Phi) is 44.2. The van der Waals surface area contributed by atoms with Gasteiger partial charge in [0.15, 0.2) is 0 Å². The van der Waals surface area contributed by atoms with Crippen LogP contribution in [0.3, 0.4) is 0 Å². The molecule has 3 nitrogen and oxygen atoms in total.